The average molecular weight is 398 g/mol. The Hall–Kier alpha value is -2.80. The third-order valence-corrected chi connectivity index (χ3v) is 4.39. The van der Waals surface area contributed by atoms with Crippen LogP contribution in [0.3, 0.4) is 0 Å². The van der Waals surface area contributed by atoms with Gasteiger partial charge in [0, 0.05) is 41.5 Å². The minimum absolute atomic E-state index is 0.250. The molecule has 2 aromatic heterocycles. The Labute approximate surface area is 153 Å². The van der Waals surface area contributed by atoms with Gasteiger partial charge in [-0.25, -0.2) is 9.97 Å². The van der Waals surface area contributed by atoms with E-state index < -0.39 is 0 Å². The number of aryl methyl sites for hydroxylation is 1. The van der Waals surface area contributed by atoms with Crippen LogP contribution >= 0.6 is 15.9 Å². The van der Waals surface area contributed by atoms with Gasteiger partial charge >= 0.3 is 0 Å². The van der Waals surface area contributed by atoms with Gasteiger partial charge < -0.3 is 10.6 Å². The van der Waals surface area contributed by atoms with E-state index in [0.717, 1.165) is 21.3 Å². The van der Waals surface area contributed by atoms with E-state index in [1.54, 1.807) is 12.4 Å². The van der Waals surface area contributed by atoms with Gasteiger partial charge in [0.15, 0.2) is 0 Å². The molecule has 0 atom stereocenters. The first-order valence-electron chi connectivity index (χ1n) is 7.64. The van der Waals surface area contributed by atoms with E-state index >= 15 is 0 Å². The van der Waals surface area contributed by atoms with Gasteiger partial charge in [-0.3, -0.25) is 9.78 Å². The molecule has 0 spiro atoms. The van der Waals surface area contributed by atoms with Crippen LogP contribution in [-0.4, -0.2) is 20.9 Å². The lowest BCUT2D eigenvalue weighted by Gasteiger charge is -2.08. The second-order valence-corrected chi connectivity index (χ2v) is 6.28. The fourth-order valence-electron chi connectivity index (χ4n) is 2.15. The first-order valence-corrected chi connectivity index (χ1v) is 8.43. The molecule has 0 aliphatic rings. The molecule has 1 aromatic carbocycles. The van der Waals surface area contributed by atoms with Crippen molar-refractivity contribution >= 4 is 33.5 Å². The number of rotatable bonds is 5. The fourth-order valence-corrected chi connectivity index (χ4v) is 2.39. The van der Waals surface area contributed by atoms with Crippen LogP contribution < -0.4 is 10.6 Å². The molecule has 3 rings (SSSR count). The van der Waals surface area contributed by atoms with Gasteiger partial charge in [0.2, 0.25) is 5.95 Å². The predicted octanol–water partition coefficient (Wildman–Crippen LogP) is 3.81. The van der Waals surface area contributed by atoms with E-state index in [1.165, 1.54) is 12.4 Å². The highest BCUT2D eigenvalue weighted by Crippen LogP contribution is 2.20. The molecule has 0 aliphatic heterocycles. The lowest BCUT2D eigenvalue weighted by Crippen LogP contribution is -2.13. The number of halogens is 1. The molecule has 2 N–H and O–H groups in total. The van der Waals surface area contributed by atoms with Crippen LogP contribution in [0.15, 0.2) is 59.6 Å². The minimum Gasteiger partial charge on any atom is -0.350 e. The van der Waals surface area contributed by atoms with Crippen LogP contribution in [-0.2, 0) is 6.54 Å². The fraction of sp³-hybridized carbons (Fsp3) is 0.111. The first-order chi connectivity index (χ1) is 12.1. The number of pyridine rings is 1. The SMILES string of the molecule is Cc1cc(NC(=O)c2cnc(NCc3cccnc3)nc2)ccc1Br. The zero-order valence-electron chi connectivity index (χ0n) is 13.5. The van der Waals surface area contributed by atoms with E-state index in [-0.39, 0.29) is 5.91 Å². The maximum atomic E-state index is 12.3. The van der Waals surface area contributed by atoms with Gasteiger partial charge in [-0.05, 0) is 42.3 Å². The van der Waals surface area contributed by atoms with Gasteiger partial charge in [0.1, 0.15) is 0 Å². The largest absolute Gasteiger partial charge is 0.350 e. The number of aromatic nitrogens is 3. The zero-order valence-corrected chi connectivity index (χ0v) is 15.1. The zero-order chi connectivity index (χ0) is 17.6. The van der Waals surface area contributed by atoms with Gasteiger partial charge in [-0.1, -0.05) is 22.0 Å². The molecule has 0 radical (unpaired) electrons. The monoisotopic (exact) mass is 397 g/mol. The summed E-state index contributed by atoms with van der Waals surface area (Å²) < 4.78 is 0.998. The van der Waals surface area contributed by atoms with E-state index in [1.807, 2.05) is 37.3 Å². The van der Waals surface area contributed by atoms with Crippen molar-refractivity contribution < 1.29 is 4.79 Å². The average Bonchev–Trinajstić information content (AvgIpc) is 2.64. The summed E-state index contributed by atoms with van der Waals surface area (Å²) in [6.45, 7) is 2.53. The summed E-state index contributed by atoms with van der Waals surface area (Å²) in [5.74, 6) is 0.209. The highest BCUT2D eigenvalue weighted by atomic mass is 79.9. The molecule has 3 aromatic rings. The second-order valence-electron chi connectivity index (χ2n) is 5.43. The van der Waals surface area contributed by atoms with E-state index in [0.29, 0.717) is 18.1 Å². The molecule has 25 heavy (non-hydrogen) atoms. The van der Waals surface area contributed by atoms with Crippen molar-refractivity contribution in [3.05, 3.63) is 76.3 Å². The molecule has 0 aliphatic carbocycles. The second kappa shape index (κ2) is 7.85. The van der Waals surface area contributed by atoms with Crippen LogP contribution in [0.25, 0.3) is 0 Å². The number of nitrogens with one attached hydrogen (secondary N) is 2. The van der Waals surface area contributed by atoms with Gasteiger partial charge in [0.05, 0.1) is 5.56 Å². The third kappa shape index (κ3) is 4.60. The molecule has 0 unspecified atom stereocenters. The summed E-state index contributed by atoms with van der Waals surface area (Å²) in [5, 5.41) is 5.93. The highest BCUT2D eigenvalue weighted by molar-refractivity contribution is 9.10. The molecule has 0 fully saturated rings. The van der Waals surface area contributed by atoms with Crippen molar-refractivity contribution in [2.24, 2.45) is 0 Å². The molecule has 6 nitrogen and oxygen atoms in total. The lowest BCUT2D eigenvalue weighted by atomic mass is 10.2. The van der Waals surface area contributed by atoms with Crippen LogP contribution in [0.5, 0.6) is 0 Å². The van der Waals surface area contributed by atoms with E-state index in [2.05, 4.69) is 41.5 Å². The Morgan fingerprint density at radius 1 is 1.16 bits per heavy atom. The molecular weight excluding hydrogens is 382 g/mol. The van der Waals surface area contributed by atoms with Crippen molar-refractivity contribution in [3.8, 4) is 0 Å². The topological polar surface area (TPSA) is 79.8 Å². The predicted molar refractivity (Wildman–Crippen MR) is 100 cm³/mol. The van der Waals surface area contributed by atoms with Gasteiger partial charge in [0.25, 0.3) is 5.91 Å². The number of carbonyl (C=O) groups is 1. The Bertz CT molecular complexity index is 868. The number of amides is 1. The van der Waals surface area contributed by atoms with E-state index in [9.17, 15) is 4.79 Å². The highest BCUT2D eigenvalue weighted by Gasteiger charge is 2.08. The summed E-state index contributed by atoms with van der Waals surface area (Å²) >= 11 is 3.44. The molecule has 0 saturated heterocycles. The summed E-state index contributed by atoms with van der Waals surface area (Å²) in [7, 11) is 0. The summed E-state index contributed by atoms with van der Waals surface area (Å²) in [6, 6.07) is 9.45. The quantitative estimate of drug-likeness (QED) is 0.684. The number of hydrogen-bond acceptors (Lipinski definition) is 5. The summed E-state index contributed by atoms with van der Waals surface area (Å²) in [6.07, 6.45) is 6.49. The first kappa shape index (κ1) is 17.0. The lowest BCUT2D eigenvalue weighted by molar-refractivity contribution is 0.102. The smallest absolute Gasteiger partial charge is 0.258 e. The minimum atomic E-state index is -0.250. The molecule has 7 heteroatoms. The third-order valence-electron chi connectivity index (χ3n) is 3.50. The summed E-state index contributed by atoms with van der Waals surface area (Å²) in [5.41, 5.74) is 3.19. The van der Waals surface area contributed by atoms with Crippen LogP contribution in [0.4, 0.5) is 11.6 Å². The van der Waals surface area contributed by atoms with Crippen molar-refractivity contribution in [2.75, 3.05) is 10.6 Å². The molecule has 0 bridgehead atoms. The molecular formula is C18H16BrN5O. The maximum Gasteiger partial charge on any atom is 0.258 e. The Morgan fingerprint density at radius 3 is 2.64 bits per heavy atom. The van der Waals surface area contributed by atoms with Crippen molar-refractivity contribution in [1.29, 1.82) is 0 Å². The number of benzene rings is 1. The number of nitrogens with zero attached hydrogens (tertiary/aromatic N) is 3. The Morgan fingerprint density at radius 2 is 1.96 bits per heavy atom. The number of carbonyl (C=O) groups excluding carboxylic acids is 1. The normalized spacial score (nSPS) is 10.3. The Balaban J connectivity index is 1.61. The standard InChI is InChI=1S/C18H16BrN5O/c1-12-7-15(4-5-16(12)19)24-17(25)14-10-22-18(23-11-14)21-9-13-3-2-6-20-8-13/h2-8,10-11H,9H2,1H3,(H,24,25)(H,21,22,23). The van der Waals surface area contributed by atoms with Crippen LogP contribution in [0.2, 0.25) is 0 Å². The summed E-state index contributed by atoms with van der Waals surface area (Å²) in [4.78, 5) is 24.7. The Kier molecular flexibility index (Phi) is 5.35. The maximum absolute atomic E-state index is 12.3. The molecule has 2 heterocycles. The number of anilines is 2. The van der Waals surface area contributed by atoms with Crippen LogP contribution in [0, 0.1) is 6.92 Å². The number of hydrogen-bond donors (Lipinski definition) is 2. The van der Waals surface area contributed by atoms with Crippen molar-refractivity contribution in [3.63, 3.8) is 0 Å². The molecule has 126 valence electrons. The molecule has 0 saturated carbocycles. The van der Waals surface area contributed by atoms with Gasteiger partial charge in [-0.2, -0.15) is 0 Å². The van der Waals surface area contributed by atoms with Crippen molar-refractivity contribution in [2.45, 2.75) is 13.5 Å². The van der Waals surface area contributed by atoms with Gasteiger partial charge in [-0.15, -0.1) is 0 Å². The van der Waals surface area contributed by atoms with Crippen LogP contribution in [0.1, 0.15) is 21.5 Å². The molecule has 1 amide bonds. The van der Waals surface area contributed by atoms with Crippen molar-refractivity contribution in [1.82, 2.24) is 15.0 Å². The van der Waals surface area contributed by atoms with E-state index in [4.69, 9.17) is 0 Å².